The Morgan fingerprint density at radius 2 is 1.88 bits per heavy atom. The molecule has 3 rings (SSSR count). The lowest BCUT2D eigenvalue weighted by Gasteiger charge is -2.32. The van der Waals surface area contributed by atoms with Crippen molar-refractivity contribution in [1.82, 2.24) is 14.9 Å². The predicted octanol–water partition coefficient (Wildman–Crippen LogP) is 2.50. The molecular weight excluding hydrogens is 347 g/mol. The Bertz CT molecular complexity index is 788. The minimum Gasteiger partial charge on any atom is -0.338 e. The summed E-state index contributed by atoms with van der Waals surface area (Å²) in [6, 6.07) is 5.92. The van der Waals surface area contributed by atoms with Crippen molar-refractivity contribution in [2.45, 2.75) is 6.18 Å². The first-order chi connectivity index (χ1) is 12.3. The number of benzene rings is 1. The molecule has 1 aromatic heterocycles. The highest BCUT2D eigenvalue weighted by Gasteiger charge is 2.30. The molecular formula is C17H18F3N5O. The quantitative estimate of drug-likeness (QED) is 0.906. The molecule has 0 spiro atoms. The lowest BCUT2D eigenvalue weighted by atomic mass is 10.2. The third-order valence-electron chi connectivity index (χ3n) is 4.11. The summed E-state index contributed by atoms with van der Waals surface area (Å²) in [7, 11) is 2.02. The molecule has 1 aliphatic rings. The van der Waals surface area contributed by atoms with Crippen molar-refractivity contribution >= 4 is 17.5 Å². The van der Waals surface area contributed by atoms with Crippen LogP contribution in [0.4, 0.5) is 24.8 Å². The highest BCUT2D eigenvalue weighted by Crippen LogP contribution is 2.30. The van der Waals surface area contributed by atoms with Gasteiger partial charge in [0.05, 0.1) is 5.56 Å². The van der Waals surface area contributed by atoms with E-state index < -0.39 is 17.6 Å². The number of likely N-dealkylation sites (N-methyl/N-ethyl adjacent to an activating group) is 1. The van der Waals surface area contributed by atoms with Gasteiger partial charge in [0, 0.05) is 38.1 Å². The van der Waals surface area contributed by atoms with Crippen LogP contribution in [0.2, 0.25) is 0 Å². The van der Waals surface area contributed by atoms with Crippen LogP contribution in [0.1, 0.15) is 16.1 Å². The molecule has 0 saturated carbocycles. The number of rotatable bonds is 3. The van der Waals surface area contributed by atoms with E-state index in [1.165, 1.54) is 24.4 Å². The predicted molar refractivity (Wildman–Crippen MR) is 91.1 cm³/mol. The summed E-state index contributed by atoms with van der Waals surface area (Å²) in [4.78, 5) is 24.9. The average molecular weight is 365 g/mol. The van der Waals surface area contributed by atoms with Crippen LogP contribution in [-0.4, -0.2) is 54.0 Å². The molecule has 1 amide bonds. The maximum absolute atomic E-state index is 12.8. The lowest BCUT2D eigenvalue weighted by Crippen LogP contribution is -2.45. The van der Waals surface area contributed by atoms with E-state index in [9.17, 15) is 18.0 Å². The number of carbonyl (C=O) groups is 1. The van der Waals surface area contributed by atoms with Crippen molar-refractivity contribution < 1.29 is 18.0 Å². The van der Waals surface area contributed by atoms with Gasteiger partial charge in [0.15, 0.2) is 0 Å². The van der Waals surface area contributed by atoms with Gasteiger partial charge in [-0.2, -0.15) is 13.2 Å². The number of piperazine rings is 1. The third kappa shape index (κ3) is 4.29. The number of nitrogens with one attached hydrogen (secondary N) is 1. The van der Waals surface area contributed by atoms with E-state index in [0.717, 1.165) is 38.3 Å². The summed E-state index contributed by atoms with van der Waals surface area (Å²) in [6.45, 7) is 3.22. The van der Waals surface area contributed by atoms with E-state index in [1.807, 2.05) is 11.9 Å². The van der Waals surface area contributed by atoms with Crippen molar-refractivity contribution in [3.8, 4) is 0 Å². The molecule has 1 fully saturated rings. The number of aromatic nitrogens is 2. The number of hydrogen-bond donors (Lipinski definition) is 1. The highest BCUT2D eigenvalue weighted by molar-refractivity contribution is 6.03. The van der Waals surface area contributed by atoms with Crippen LogP contribution in [0.5, 0.6) is 0 Å². The standard InChI is InChI=1S/C17H18F3N5O/c1-24-7-9-25(10-8-24)16-21-6-5-14(23-16)15(26)22-13-4-2-3-12(11-13)17(18,19)20/h2-6,11H,7-10H2,1H3,(H,22,26). The zero-order valence-electron chi connectivity index (χ0n) is 14.1. The van der Waals surface area contributed by atoms with Crippen LogP contribution in [0.15, 0.2) is 36.5 Å². The number of carbonyl (C=O) groups excluding carboxylic acids is 1. The number of alkyl halides is 3. The summed E-state index contributed by atoms with van der Waals surface area (Å²) in [6.07, 6.45) is -2.99. The average Bonchev–Trinajstić information content (AvgIpc) is 2.62. The van der Waals surface area contributed by atoms with E-state index in [1.54, 1.807) is 0 Å². The fraction of sp³-hybridized carbons (Fsp3) is 0.353. The van der Waals surface area contributed by atoms with E-state index in [-0.39, 0.29) is 11.4 Å². The molecule has 26 heavy (non-hydrogen) atoms. The molecule has 9 heteroatoms. The Hall–Kier alpha value is -2.68. The molecule has 0 aliphatic carbocycles. The van der Waals surface area contributed by atoms with E-state index in [0.29, 0.717) is 5.95 Å². The van der Waals surface area contributed by atoms with E-state index in [4.69, 9.17) is 0 Å². The molecule has 1 aromatic carbocycles. The van der Waals surface area contributed by atoms with Crippen LogP contribution in [0.3, 0.4) is 0 Å². The maximum atomic E-state index is 12.8. The van der Waals surface area contributed by atoms with Crippen LogP contribution in [-0.2, 0) is 6.18 Å². The molecule has 138 valence electrons. The second-order valence-electron chi connectivity index (χ2n) is 6.06. The van der Waals surface area contributed by atoms with Gasteiger partial charge >= 0.3 is 6.18 Å². The fourth-order valence-corrected chi connectivity index (χ4v) is 2.60. The van der Waals surface area contributed by atoms with Crippen LogP contribution in [0.25, 0.3) is 0 Å². The monoisotopic (exact) mass is 365 g/mol. The topological polar surface area (TPSA) is 61.4 Å². The normalized spacial score (nSPS) is 15.8. The largest absolute Gasteiger partial charge is 0.416 e. The van der Waals surface area contributed by atoms with Crippen LogP contribution < -0.4 is 10.2 Å². The van der Waals surface area contributed by atoms with Gasteiger partial charge in [-0.25, -0.2) is 9.97 Å². The number of halogens is 3. The van der Waals surface area contributed by atoms with E-state index >= 15 is 0 Å². The summed E-state index contributed by atoms with van der Waals surface area (Å²) < 4.78 is 38.3. The molecule has 1 saturated heterocycles. The summed E-state index contributed by atoms with van der Waals surface area (Å²) in [5, 5.41) is 2.45. The van der Waals surface area contributed by atoms with Gasteiger partial charge < -0.3 is 15.1 Å². The van der Waals surface area contributed by atoms with Gasteiger partial charge in [-0.15, -0.1) is 0 Å². The molecule has 2 heterocycles. The Labute approximate surface area is 148 Å². The molecule has 0 radical (unpaired) electrons. The van der Waals surface area contributed by atoms with Gasteiger partial charge in [0.2, 0.25) is 5.95 Å². The fourth-order valence-electron chi connectivity index (χ4n) is 2.60. The van der Waals surface area contributed by atoms with Crippen molar-refractivity contribution in [2.24, 2.45) is 0 Å². The Kier molecular flexibility index (Phi) is 5.08. The lowest BCUT2D eigenvalue weighted by molar-refractivity contribution is -0.137. The second kappa shape index (κ2) is 7.28. The first-order valence-electron chi connectivity index (χ1n) is 8.08. The van der Waals surface area contributed by atoms with Crippen molar-refractivity contribution in [1.29, 1.82) is 0 Å². The second-order valence-corrected chi connectivity index (χ2v) is 6.06. The maximum Gasteiger partial charge on any atom is 0.416 e. The van der Waals surface area contributed by atoms with Crippen LogP contribution >= 0.6 is 0 Å². The van der Waals surface area contributed by atoms with Crippen LogP contribution in [0, 0.1) is 0 Å². The zero-order valence-corrected chi connectivity index (χ0v) is 14.1. The van der Waals surface area contributed by atoms with Crippen molar-refractivity contribution in [3.63, 3.8) is 0 Å². The van der Waals surface area contributed by atoms with E-state index in [2.05, 4.69) is 20.2 Å². The minimum absolute atomic E-state index is 0.0598. The van der Waals surface area contributed by atoms with Gasteiger partial charge in [-0.1, -0.05) is 6.07 Å². The molecule has 6 nitrogen and oxygen atoms in total. The van der Waals surface area contributed by atoms with Gasteiger partial charge in [0.25, 0.3) is 5.91 Å². The Balaban J connectivity index is 1.73. The van der Waals surface area contributed by atoms with Crippen molar-refractivity contribution in [2.75, 3.05) is 43.4 Å². The summed E-state index contributed by atoms with van der Waals surface area (Å²) in [5.41, 5.74) is -0.660. The van der Waals surface area contributed by atoms with Gasteiger partial charge in [-0.3, -0.25) is 4.79 Å². The molecule has 0 unspecified atom stereocenters. The van der Waals surface area contributed by atoms with Crippen molar-refractivity contribution in [3.05, 3.63) is 47.8 Å². The first-order valence-corrected chi connectivity index (χ1v) is 8.08. The SMILES string of the molecule is CN1CCN(c2nccc(C(=O)Nc3cccc(C(F)(F)F)c3)n2)CC1. The minimum atomic E-state index is -4.47. The molecule has 1 aliphatic heterocycles. The molecule has 0 atom stereocenters. The molecule has 2 aromatic rings. The number of hydrogen-bond acceptors (Lipinski definition) is 5. The number of anilines is 2. The number of amides is 1. The zero-order chi connectivity index (χ0) is 18.7. The Morgan fingerprint density at radius 1 is 1.15 bits per heavy atom. The van der Waals surface area contributed by atoms with Gasteiger partial charge in [0.1, 0.15) is 5.69 Å². The third-order valence-corrected chi connectivity index (χ3v) is 4.11. The molecule has 1 N–H and O–H groups in total. The number of nitrogens with zero attached hydrogens (tertiary/aromatic N) is 4. The Morgan fingerprint density at radius 3 is 2.58 bits per heavy atom. The summed E-state index contributed by atoms with van der Waals surface area (Å²) >= 11 is 0. The van der Waals surface area contributed by atoms with Gasteiger partial charge in [-0.05, 0) is 31.3 Å². The smallest absolute Gasteiger partial charge is 0.338 e. The summed E-state index contributed by atoms with van der Waals surface area (Å²) in [5.74, 6) is -0.142. The first kappa shape index (κ1) is 18.1. The molecule has 0 bridgehead atoms. The highest BCUT2D eigenvalue weighted by atomic mass is 19.4.